The lowest BCUT2D eigenvalue weighted by molar-refractivity contribution is -0.122. The molecule has 6 nitrogen and oxygen atoms in total. The minimum atomic E-state index is -0.559. The van der Waals surface area contributed by atoms with Crippen molar-refractivity contribution < 1.29 is 9.59 Å². The number of carbonyl (C=O) groups excluding carboxylic acids is 2. The summed E-state index contributed by atoms with van der Waals surface area (Å²) in [6.07, 6.45) is 5.17. The summed E-state index contributed by atoms with van der Waals surface area (Å²) >= 11 is 0. The highest BCUT2D eigenvalue weighted by molar-refractivity contribution is 5.90. The van der Waals surface area contributed by atoms with Crippen LogP contribution in [0.1, 0.15) is 41.7 Å². The summed E-state index contributed by atoms with van der Waals surface area (Å²) in [4.78, 5) is 26.6. The molecule has 1 aliphatic carbocycles. The van der Waals surface area contributed by atoms with Crippen LogP contribution in [-0.2, 0) is 11.3 Å². The number of hydrogen-bond acceptors (Lipinski definition) is 4. The van der Waals surface area contributed by atoms with E-state index in [-0.39, 0.29) is 42.5 Å². The van der Waals surface area contributed by atoms with Crippen LogP contribution in [0.3, 0.4) is 0 Å². The number of amides is 2. The van der Waals surface area contributed by atoms with Crippen molar-refractivity contribution in [3.05, 3.63) is 29.6 Å². The maximum atomic E-state index is 11.8. The Kier molecular flexibility index (Phi) is 9.01. The van der Waals surface area contributed by atoms with Crippen molar-refractivity contribution in [2.75, 3.05) is 0 Å². The first-order valence-corrected chi connectivity index (χ1v) is 6.83. The van der Waals surface area contributed by atoms with Gasteiger partial charge in [0.25, 0.3) is 5.91 Å². The molecule has 2 amide bonds. The molecule has 1 saturated carbocycles. The minimum Gasteiger partial charge on any atom is -0.364 e. The Hall–Kier alpha value is -1.37. The van der Waals surface area contributed by atoms with Gasteiger partial charge in [-0.05, 0) is 30.4 Å². The number of rotatable bonds is 5. The normalized spacial score (nSPS) is 19.7. The van der Waals surface area contributed by atoms with Gasteiger partial charge in [0.05, 0.1) is 0 Å². The summed E-state index contributed by atoms with van der Waals surface area (Å²) < 4.78 is 0. The fourth-order valence-corrected chi connectivity index (χ4v) is 2.50. The van der Waals surface area contributed by atoms with Gasteiger partial charge < -0.3 is 16.8 Å². The molecule has 1 aliphatic rings. The van der Waals surface area contributed by atoms with Gasteiger partial charge in [0, 0.05) is 25.2 Å². The second-order valence-electron chi connectivity index (χ2n) is 5.25. The molecular weight excluding hydrogens is 327 g/mol. The molecule has 2 rings (SSSR count). The average Bonchev–Trinajstić information content (AvgIpc) is 2.82. The van der Waals surface area contributed by atoms with Crippen molar-refractivity contribution in [1.82, 2.24) is 10.3 Å². The maximum Gasteiger partial charge on any atom is 0.267 e. The van der Waals surface area contributed by atoms with E-state index >= 15 is 0 Å². The Balaban J connectivity index is 0.00000220. The van der Waals surface area contributed by atoms with E-state index in [4.69, 9.17) is 11.5 Å². The molecule has 22 heavy (non-hydrogen) atoms. The Labute approximate surface area is 142 Å². The third kappa shape index (κ3) is 5.79. The molecule has 5 N–H and O–H groups in total. The first-order valence-electron chi connectivity index (χ1n) is 6.83. The van der Waals surface area contributed by atoms with Gasteiger partial charge in [-0.25, -0.2) is 0 Å². The highest BCUT2D eigenvalue weighted by atomic mass is 35.5. The molecule has 1 fully saturated rings. The van der Waals surface area contributed by atoms with E-state index in [1.54, 1.807) is 18.3 Å². The summed E-state index contributed by atoms with van der Waals surface area (Å²) in [5.41, 5.74) is 12.1. The molecule has 0 radical (unpaired) electrons. The molecule has 0 aromatic carbocycles. The van der Waals surface area contributed by atoms with E-state index in [1.165, 1.54) is 0 Å². The molecule has 8 heteroatoms. The first-order chi connectivity index (χ1) is 9.56. The molecule has 2 atom stereocenters. The molecular formula is C14H22Cl2N4O2. The molecule has 0 bridgehead atoms. The highest BCUT2D eigenvalue weighted by Gasteiger charge is 2.25. The maximum absolute atomic E-state index is 11.8. The second kappa shape index (κ2) is 9.61. The van der Waals surface area contributed by atoms with Crippen molar-refractivity contribution in [2.24, 2.45) is 17.4 Å². The summed E-state index contributed by atoms with van der Waals surface area (Å²) in [7, 11) is 0. The zero-order valence-electron chi connectivity index (χ0n) is 12.2. The van der Waals surface area contributed by atoms with Gasteiger partial charge in [-0.3, -0.25) is 14.6 Å². The largest absolute Gasteiger partial charge is 0.364 e. The number of nitrogens with one attached hydrogen (secondary N) is 1. The lowest BCUT2D eigenvalue weighted by atomic mass is 10.00. The summed E-state index contributed by atoms with van der Waals surface area (Å²) in [5.74, 6) is -0.257. The van der Waals surface area contributed by atoms with Crippen molar-refractivity contribution in [1.29, 1.82) is 0 Å². The number of carbonyl (C=O) groups is 2. The number of aromatic nitrogens is 1. The van der Waals surface area contributed by atoms with Gasteiger partial charge in [-0.2, -0.15) is 0 Å². The zero-order chi connectivity index (χ0) is 14.5. The van der Waals surface area contributed by atoms with Gasteiger partial charge in [-0.1, -0.05) is 12.5 Å². The number of halogens is 2. The molecule has 124 valence electrons. The van der Waals surface area contributed by atoms with Crippen LogP contribution in [0.4, 0.5) is 0 Å². The lowest BCUT2D eigenvalue weighted by Crippen LogP contribution is -2.31. The molecule has 1 aromatic rings. The van der Waals surface area contributed by atoms with Crippen LogP contribution in [0.15, 0.2) is 18.3 Å². The minimum absolute atomic E-state index is 0. The monoisotopic (exact) mass is 348 g/mol. The van der Waals surface area contributed by atoms with Crippen LogP contribution in [-0.4, -0.2) is 22.8 Å². The van der Waals surface area contributed by atoms with Gasteiger partial charge in [0.1, 0.15) is 5.69 Å². The van der Waals surface area contributed by atoms with Crippen LogP contribution in [0.25, 0.3) is 0 Å². The Morgan fingerprint density at radius 2 is 2.00 bits per heavy atom. The number of nitrogens with two attached hydrogens (primary N) is 2. The number of pyridine rings is 1. The summed E-state index contributed by atoms with van der Waals surface area (Å²) in [6, 6.07) is 3.43. The van der Waals surface area contributed by atoms with Gasteiger partial charge in [0.15, 0.2) is 0 Å². The first kappa shape index (κ1) is 20.6. The predicted octanol–water partition coefficient (Wildman–Crippen LogP) is 1.16. The fourth-order valence-electron chi connectivity index (χ4n) is 2.50. The topological polar surface area (TPSA) is 111 Å². The third-order valence-corrected chi connectivity index (χ3v) is 3.73. The van der Waals surface area contributed by atoms with E-state index in [1.807, 2.05) is 0 Å². The average molecular weight is 349 g/mol. The van der Waals surface area contributed by atoms with Gasteiger partial charge in [-0.15, -0.1) is 24.8 Å². The zero-order valence-corrected chi connectivity index (χ0v) is 13.8. The molecule has 0 unspecified atom stereocenters. The Morgan fingerprint density at radius 1 is 1.27 bits per heavy atom. The van der Waals surface area contributed by atoms with E-state index in [0.29, 0.717) is 18.9 Å². The molecule has 0 aliphatic heterocycles. The van der Waals surface area contributed by atoms with E-state index < -0.39 is 5.91 Å². The lowest BCUT2D eigenvalue weighted by Gasteiger charge is -2.14. The SMILES string of the molecule is Cl.Cl.NC(=O)c1ccc(CNC(=O)C[C@@H]2CCC[C@H]2N)cn1. The van der Waals surface area contributed by atoms with E-state index in [2.05, 4.69) is 10.3 Å². The van der Waals surface area contributed by atoms with Crippen molar-refractivity contribution >= 4 is 36.6 Å². The van der Waals surface area contributed by atoms with E-state index in [9.17, 15) is 9.59 Å². The van der Waals surface area contributed by atoms with Gasteiger partial charge >= 0.3 is 0 Å². The quantitative estimate of drug-likeness (QED) is 0.741. The Morgan fingerprint density at radius 3 is 2.50 bits per heavy atom. The van der Waals surface area contributed by atoms with Crippen molar-refractivity contribution in [3.63, 3.8) is 0 Å². The number of nitrogens with zero attached hydrogens (tertiary/aromatic N) is 1. The third-order valence-electron chi connectivity index (χ3n) is 3.73. The highest BCUT2D eigenvalue weighted by Crippen LogP contribution is 2.26. The van der Waals surface area contributed by atoms with Gasteiger partial charge in [0.2, 0.25) is 5.91 Å². The molecule has 0 saturated heterocycles. The van der Waals surface area contributed by atoms with Crippen LogP contribution in [0.5, 0.6) is 0 Å². The standard InChI is InChI=1S/C14H20N4O2.2ClH/c15-11-3-1-2-10(11)6-13(19)18-8-9-4-5-12(14(16)20)17-7-9;;/h4-5,7,10-11H,1-3,6,8,15H2,(H2,16,20)(H,18,19);2*1H/t10-,11+;;/m0../s1. The van der Waals surface area contributed by atoms with Crippen molar-refractivity contribution in [2.45, 2.75) is 38.3 Å². The Bertz CT molecular complexity index is 496. The van der Waals surface area contributed by atoms with Crippen LogP contribution >= 0.6 is 24.8 Å². The van der Waals surface area contributed by atoms with E-state index in [0.717, 1.165) is 24.8 Å². The number of primary amides is 1. The van der Waals surface area contributed by atoms with Crippen LogP contribution in [0.2, 0.25) is 0 Å². The molecule has 0 spiro atoms. The molecule has 1 aromatic heterocycles. The van der Waals surface area contributed by atoms with Crippen molar-refractivity contribution in [3.8, 4) is 0 Å². The molecule has 1 heterocycles. The van der Waals surface area contributed by atoms with Crippen LogP contribution in [0, 0.1) is 5.92 Å². The predicted molar refractivity (Wildman–Crippen MR) is 89.0 cm³/mol. The summed E-state index contributed by atoms with van der Waals surface area (Å²) in [6.45, 7) is 0.396. The fraction of sp³-hybridized carbons (Fsp3) is 0.500. The second-order valence-corrected chi connectivity index (χ2v) is 5.25. The van der Waals surface area contributed by atoms with Crippen LogP contribution < -0.4 is 16.8 Å². The smallest absolute Gasteiger partial charge is 0.267 e. The number of hydrogen-bond donors (Lipinski definition) is 3. The summed E-state index contributed by atoms with van der Waals surface area (Å²) in [5, 5.41) is 2.84.